The number of carbonyl (C=O) groups is 1. The highest BCUT2D eigenvalue weighted by Crippen LogP contribution is 2.28. The predicted molar refractivity (Wildman–Crippen MR) is 69.4 cm³/mol. The summed E-state index contributed by atoms with van der Waals surface area (Å²) < 4.78 is 2.49. The lowest BCUT2D eigenvalue weighted by Gasteiger charge is -2.21. The van der Waals surface area contributed by atoms with Crippen molar-refractivity contribution in [3.8, 4) is 0 Å². The summed E-state index contributed by atoms with van der Waals surface area (Å²) in [5.41, 5.74) is 0.965. The number of hydrogen-bond donors (Lipinski definition) is 2. The molecule has 0 saturated carbocycles. The summed E-state index contributed by atoms with van der Waals surface area (Å²) in [4.78, 5) is 11.1. The van der Waals surface area contributed by atoms with E-state index in [4.69, 9.17) is 5.11 Å². The highest BCUT2D eigenvalue weighted by atomic mass is 79.9. The summed E-state index contributed by atoms with van der Waals surface area (Å²) in [5, 5.41) is 23.0. The number of anilines is 1. The third kappa shape index (κ3) is 2.10. The first-order valence-electron chi connectivity index (χ1n) is 5.40. The second-order valence-electron chi connectivity index (χ2n) is 3.95. The van der Waals surface area contributed by atoms with Gasteiger partial charge in [-0.3, -0.25) is 0 Å². The third-order valence-electron chi connectivity index (χ3n) is 2.77. The lowest BCUT2D eigenvalue weighted by molar-refractivity contribution is -0.132. The van der Waals surface area contributed by atoms with Crippen LogP contribution in [0.4, 0.5) is 5.95 Å². The molecule has 96 valence electrons. The molecule has 0 saturated heterocycles. The van der Waals surface area contributed by atoms with Gasteiger partial charge in [-0.2, -0.15) is 4.68 Å². The van der Waals surface area contributed by atoms with Gasteiger partial charge in [0, 0.05) is 4.47 Å². The van der Waals surface area contributed by atoms with Gasteiger partial charge in [0.1, 0.15) is 11.7 Å². The second kappa shape index (κ2) is 4.47. The smallest absolute Gasteiger partial charge is 0.352 e. The van der Waals surface area contributed by atoms with E-state index in [0.717, 1.165) is 10.0 Å². The minimum absolute atomic E-state index is 0.0650. The molecule has 19 heavy (non-hydrogen) atoms. The molecule has 1 aliphatic heterocycles. The van der Waals surface area contributed by atoms with E-state index in [0.29, 0.717) is 5.95 Å². The number of carboxylic acids is 1. The van der Waals surface area contributed by atoms with E-state index in [1.165, 1.54) is 4.68 Å². The molecular weight excluding hydrogens is 314 g/mol. The average Bonchev–Trinajstić information content (AvgIpc) is 2.86. The first kappa shape index (κ1) is 11.8. The summed E-state index contributed by atoms with van der Waals surface area (Å²) in [6.07, 6.45) is 1.58. The molecule has 1 aromatic heterocycles. The van der Waals surface area contributed by atoms with Crippen LogP contribution in [0.2, 0.25) is 0 Å². The topological polar surface area (TPSA) is 92.9 Å². The zero-order chi connectivity index (χ0) is 13.4. The van der Waals surface area contributed by atoms with Crippen LogP contribution in [0.25, 0.3) is 0 Å². The zero-order valence-electron chi connectivity index (χ0n) is 9.49. The summed E-state index contributed by atoms with van der Waals surface area (Å²) in [5.74, 6) is -0.732. The van der Waals surface area contributed by atoms with Crippen LogP contribution in [-0.2, 0) is 4.79 Å². The molecule has 0 aliphatic carbocycles. The molecule has 2 N–H and O–H groups in total. The highest BCUT2D eigenvalue weighted by Gasteiger charge is 2.26. The van der Waals surface area contributed by atoms with Crippen molar-refractivity contribution < 1.29 is 9.90 Å². The number of nitrogens with zero attached hydrogens (tertiary/aromatic N) is 4. The number of aliphatic carboxylic acids is 1. The van der Waals surface area contributed by atoms with Crippen LogP contribution in [0.15, 0.2) is 40.5 Å². The molecule has 0 spiro atoms. The van der Waals surface area contributed by atoms with E-state index in [2.05, 4.69) is 36.8 Å². The Labute approximate surface area is 116 Å². The largest absolute Gasteiger partial charge is 0.477 e. The summed E-state index contributed by atoms with van der Waals surface area (Å²) in [6.45, 7) is 0. The first-order chi connectivity index (χ1) is 9.15. The van der Waals surface area contributed by atoms with Gasteiger partial charge in [0.15, 0.2) is 0 Å². The molecule has 1 aromatic carbocycles. The normalized spacial score (nSPS) is 17.3. The molecule has 0 radical (unpaired) electrons. The Morgan fingerprint density at radius 1 is 1.37 bits per heavy atom. The molecule has 1 atom stereocenters. The number of tetrazole rings is 1. The maximum absolute atomic E-state index is 11.1. The SMILES string of the molecule is O=C(O)C1=CC(c2ccc(Br)cc2)n2nnnc2N1. The molecule has 0 fully saturated rings. The van der Waals surface area contributed by atoms with Crippen molar-refractivity contribution in [1.29, 1.82) is 0 Å². The van der Waals surface area contributed by atoms with Crippen LogP contribution in [-0.4, -0.2) is 31.3 Å². The predicted octanol–water partition coefficient (Wildman–Crippen LogP) is 1.42. The quantitative estimate of drug-likeness (QED) is 0.869. The van der Waals surface area contributed by atoms with Crippen LogP contribution in [0.3, 0.4) is 0 Å². The van der Waals surface area contributed by atoms with Gasteiger partial charge < -0.3 is 10.4 Å². The Kier molecular flexibility index (Phi) is 2.79. The van der Waals surface area contributed by atoms with Crippen molar-refractivity contribution in [3.05, 3.63) is 46.1 Å². The molecule has 1 aliphatic rings. The standard InChI is InChI=1S/C11H8BrN5O2/c12-7-3-1-6(2-4-7)9-5-8(10(18)19)13-11-14-15-16-17(9)11/h1-5,9H,(H,18,19)(H,13,14,16). The van der Waals surface area contributed by atoms with Crippen molar-refractivity contribution in [1.82, 2.24) is 20.2 Å². The van der Waals surface area contributed by atoms with Gasteiger partial charge in [-0.1, -0.05) is 33.2 Å². The maximum atomic E-state index is 11.1. The van der Waals surface area contributed by atoms with E-state index in [1.807, 2.05) is 24.3 Å². The maximum Gasteiger partial charge on any atom is 0.352 e. The number of fused-ring (bicyclic) bond motifs is 1. The minimum atomic E-state index is -1.05. The van der Waals surface area contributed by atoms with Crippen molar-refractivity contribution >= 4 is 27.8 Å². The van der Waals surface area contributed by atoms with Crippen LogP contribution in [0, 0.1) is 0 Å². The Morgan fingerprint density at radius 2 is 2.11 bits per heavy atom. The fraction of sp³-hybridized carbons (Fsp3) is 0.0909. The van der Waals surface area contributed by atoms with Crippen LogP contribution >= 0.6 is 15.9 Å². The fourth-order valence-electron chi connectivity index (χ4n) is 1.88. The molecule has 1 unspecified atom stereocenters. The van der Waals surface area contributed by atoms with Crippen molar-refractivity contribution in [2.45, 2.75) is 6.04 Å². The number of aromatic nitrogens is 4. The molecule has 3 rings (SSSR count). The van der Waals surface area contributed by atoms with Crippen LogP contribution in [0.1, 0.15) is 11.6 Å². The summed E-state index contributed by atoms with van der Waals surface area (Å²) in [6, 6.07) is 7.21. The van der Waals surface area contributed by atoms with Gasteiger partial charge >= 0.3 is 5.97 Å². The Bertz CT molecular complexity index is 664. The van der Waals surface area contributed by atoms with Crippen molar-refractivity contribution in [2.75, 3.05) is 5.32 Å². The Morgan fingerprint density at radius 3 is 2.79 bits per heavy atom. The molecular formula is C11H8BrN5O2. The number of allylic oxidation sites excluding steroid dienone is 1. The van der Waals surface area contributed by atoms with Crippen molar-refractivity contribution in [3.63, 3.8) is 0 Å². The van der Waals surface area contributed by atoms with E-state index in [9.17, 15) is 4.79 Å². The summed E-state index contributed by atoms with van der Waals surface area (Å²) in [7, 11) is 0. The van der Waals surface area contributed by atoms with Gasteiger partial charge in [0.2, 0.25) is 5.95 Å². The average molecular weight is 322 g/mol. The monoisotopic (exact) mass is 321 g/mol. The van der Waals surface area contributed by atoms with Gasteiger partial charge in [0.05, 0.1) is 0 Å². The molecule has 8 heteroatoms. The lowest BCUT2D eigenvalue weighted by atomic mass is 10.0. The van der Waals surface area contributed by atoms with E-state index in [-0.39, 0.29) is 11.7 Å². The molecule has 2 aromatic rings. The fourth-order valence-corrected chi connectivity index (χ4v) is 2.14. The van der Waals surface area contributed by atoms with Gasteiger partial charge in [0.25, 0.3) is 0 Å². The van der Waals surface area contributed by atoms with Crippen molar-refractivity contribution in [2.24, 2.45) is 0 Å². The third-order valence-corrected chi connectivity index (χ3v) is 3.30. The van der Waals surface area contributed by atoms with E-state index < -0.39 is 5.97 Å². The summed E-state index contributed by atoms with van der Waals surface area (Å²) >= 11 is 3.36. The lowest BCUT2D eigenvalue weighted by Crippen LogP contribution is -2.24. The van der Waals surface area contributed by atoms with Gasteiger partial charge in [-0.25, -0.2) is 4.79 Å². The number of benzene rings is 1. The number of rotatable bonds is 2. The number of carboxylic acid groups (broad SMARTS) is 1. The molecule has 2 heterocycles. The number of nitrogens with one attached hydrogen (secondary N) is 1. The number of hydrogen-bond acceptors (Lipinski definition) is 5. The van der Waals surface area contributed by atoms with Crippen LogP contribution < -0.4 is 5.32 Å². The molecule has 0 amide bonds. The second-order valence-corrected chi connectivity index (χ2v) is 4.87. The van der Waals surface area contributed by atoms with E-state index >= 15 is 0 Å². The van der Waals surface area contributed by atoms with Gasteiger partial charge in [-0.05, 0) is 34.2 Å². The zero-order valence-corrected chi connectivity index (χ0v) is 11.1. The first-order valence-corrected chi connectivity index (χ1v) is 6.20. The minimum Gasteiger partial charge on any atom is -0.477 e. The van der Waals surface area contributed by atoms with Crippen LogP contribution in [0.5, 0.6) is 0 Å². The Hall–Kier alpha value is -2.22. The Balaban J connectivity index is 2.09. The van der Waals surface area contributed by atoms with E-state index in [1.54, 1.807) is 6.08 Å². The van der Waals surface area contributed by atoms with Gasteiger partial charge in [-0.15, -0.1) is 0 Å². The molecule has 0 bridgehead atoms. The molecule has 7 nitrogen and oxygen atoms in total. The number of halogens is 1. The highest BCUT2D eigenvalue weighted by molar-refractivity contribution is 9.10.